The van der Waals surface area contributed by atoms with Crippen LogP contribution in [0, 0.1) is 0 Å². The first kappa shape index (κ1) is 13.1. The van der Waals surface area contributed by atoms with Gasteiger partial charge in [0.1, 0.15) is 0 Å². The van der Waals surface area contributed by atoms with Crippen LogP contribution in [-0.2, 0) is 14.3 Å². The van der Waals surface area contributed by atoms with Gasteiger partial charge in [-0.3, -0.25) is 0 Å². The normalized spacial score (nSPS) is 10.7. The number of hydrogen-bond acceptors (Lipinski definition) is 4. The van der Waals surface area contributed by atoms with Crippen LogP contribution in [-0.4, -0.2) is 29.6 Å². The van der Waals surface area contributed by atoms with E-state index < -0.39 is 11.9 Å². The fraction of sp³-hybridized carbons (Fsp3) is 0.286. The molecule has 0 fully saturated rings. The van der Waals surface area contributed by atoms with Gasteiger partial charge >= 0.3 is 11.9 Å². The van der Waals surface area contributed by atoms with Crippen LogP contribution < -0.4 is 0 Å². The van der Waals surface area contributed by atoms with Gasteiger partial charge in [0, 0.05) is 17.1 Å². The molecule has 0 spiro atoms. The number of benzene rings is 1. The maximum atomic E-state index is 11.9. The zero-order valence-corrected chi connectivity index (χ0v) is 10.8. The molecule has 2 rings (SSSR count). The van der Waals surface area contributed by atoms with Crippen LogP contribution in [0.15, 0.2) is 30.5 Å². The molecule has 5 nitrogen and oxygen atoms in total. The van der Waals surface area contributed by atoms with Crippen molar-refractivity contribution in [2.24, 2.45) is 0 Å². The van der Waals surface area contributed by atoms with Crippen molar-refractivity contribution in [3.8, 4) is 0 Å². The van der Waals surface area contributed by atoms with Crippen molar-refractivity contribution in [2.45, 2.75) is 20.0 Å². The predicted octanol–water partition coefficient (Wildman–Crippen LogP) is 2.28. The number of aromatic nitrogens is 1. The van der Waals surface area contributed by atoms with Gasteiger partial charge < -0.3 is 14.5 Å². The fourth-order valence-electron chi connectivity index (χ4n) is 1.74. The van der Waals surface area contributed by atoms with Gasteiger partial charge in [-0.15, -0.1) is 0 Å². The van der Waals surface area contributed by atoms with Crippen molar-refractivity contribution >= 4 is 22.8 Å². The Morgan fingerprint density at radius 2 is 2.00 bits per heavy atom. The molecule has 0 saturated heterocycles. The molecule has 0 unspecified atom stereocenters. The summed E-state index contributed by atoms with van der Waals surface area (Å²) in [6, 6.07) is 7.38. The van der Waals surface area contributed by atoms with Crippen molar-refractivity contribution < 1.29 is 19.1 Å². The first-order valence-corrected chi connectivity index (χ1v) is 6.00. The third-order valence-corrected chi connectivity index (χ3v) is 2.50. The molecule has 5 heteroatoms. The number of aromatic amines is 1. The number of carbonyl (C=O) groups excluding carboxylic acids is 2. The van der Waals surface area contributed by atoms with Gasteiger partial charge in [0.05, 0.1) is 11.7 Å². The summed E-state index contributed by atoms with van der Waals surface area (Å²) in [6.45, 7) is 3.09. The summed E-state index contributed by atoms with van der Waals surface area (Å²) < 4.78 is 9.81. The van der Waals surface area contributed by atoms with Crippen LogP contribution in [0.3, 0.4) is 0 Å². The highest BCUT2D eigenvalue weighted by Gasteiger charge is 2.15. The number of fused-ring (bicyclic) bond motifs is 1. The quantitative estimate of drug-likeness (QED) is 0.857. The lowest BCUT2D eigenvalue weighted by atomic mass is 10.2. The molecular weight excluding hydrogens is 246 g/mol. The van der Waals surface area contributed by atoms with Gasteiger partial charge in [-0.2, -0.15) is 0 Å². The van der Waals surface area contributed by atoms with Crippen molar-refractivity contribution in [3.63, 3.8) is 0 Å². The Labute approximate surface area is 110 Å². The van der Waals surface area contributed by atoms with E-state index in [-0.39, 0.29) is 12.7 Å². The SMILES string of the molecule is CC(C)OC(=O)COC(=O)c1c[nH]c2ccccc12. The summed E-state index contributed by atoms with van der Waals surface area (Å²) in [6.07, 6.45) is 1.35. The van der Waals surface area contributed by atoms with E-state index in [1.165, 1.54) is 0 Å². The highest BCUT2D eigenvalue weighted by atomic mass is 16.6. The number of hydrogen-bond donors (Lipinski definition) is 1. The van der Waals surface area contributed by atoms with Crippen LogP contribution in [0.4, 0.5) is 0 Å². The Balaban J connectivity index is 2.02. The molecule has 0 saturated carbocycles. The molecule has 0 aliphatic rings. The van der Waals surface area contributed by atoms with Gasteiger partial charge in [0.15, 0.2) is 6.61 Å². The first-order chi connectivity index (χ1) is 9.08. The van der Waals surface area contributed by atoms with E-state index in [4.69, 9.17) is 9.47 Å². The Hall–Kier alpha value is -2.30. The van der Waals surface area contributed by atoms with E-state index >= 15 is 0 Å². The molecule has 1 aromatic heterocycles. The van der Waals surface area contributed by atoms with Crippen LogP contribution >= 0.6 is 0 Å². The van der Waals surface area contributed by atoms with Gasteiger partial charge in [-0.25, -0.2) is 9.59 Å². The Morgan fingerprint density at radius 3 is 2.74 bits per heavy atom. The first-order valence-electron chi connectivity index (χ1n) is 6.00. The molecule has 0 radical (unpaired) electrons. The van der Waals surface area contributed by atoms with Crippen molar-refractivity contribution in [1.82, 2.24) is 4.98 Å². The summed E-state index contributed by atoms with van der Waals surface area (Å²) in [5, 5.41) is 0.768. The topological polar surface area (TPSA) is 68.4 Å². The number of rotatable bonds is 4. The number of H-pyrrole nitrogens is 1. The third-order valence-electron chi connectivity index (χ3n) is 2.50. The molecule has 1 heterocycles. The van der Waals surface area contributed by atoms with E-state index in [1.54, 1.807) is 20.0 Å². The Bertz CT molecular complexity index is 600. The molecule has 0 bridgehead atoms. The monoisotopic (exact) mass is 261 g/mol. The van der Waals surface area contributed by atoms with E-state index in [2.05, 4.69) is 4.98 Å². The summed E-state index contributed by atoms with van der Waals surface area (Å²) in [7, 11) is 0. The minimum absolute atomic E-state index is 0.223. The lowest BCUT2D eigenvalue weighted by Crippen LogP contribution is -2.19. The van der Waals surface area contributed by atoms with Crippen LogP contribution in [0.5, 0.6) is 0 Å². The molecule has 2 aromatic rings. The molecule has 19 heavy (non-hydrogen) atoms. The minimum atomic E-state index is -0.553. The second kappa shape index (κ2) is 5.56. The van der Waals surface area contributed by atoms with Crippen molar-refractivity contribution in [1.29, 1.82) is 0 Å². The minimum Gasteiger partial charge on any atom is -0.460 e. The van der Waals surface area contributed by atoms with Crippen LogP contribution in [0.1, 0.15) is 24.2 Å². The number of carbonyl (C=O) groups is 2. The summed E-state index contributed by atoms with van der Waals surface area (Å²) in [4.78, 5) is 26.1. The average Bonchev–Trinajstić information content (AvgIpc) is 2.79. The number of nitrogens with one attached hydrogen (secondary N) is 1. The Morgan fingerprint density at radius 1 is 1.26 bits per heavy atom. The summed E-state index contributed by atoms with van der Waals surface area (Å²) in [5.41, 5.74) is 1.26. The second-order valence-corrected chi connectivity index (χ2v) is 4.36. The molecule has 1 aromatic carbocycles. The largest absolute Gasteiger partial charge is 0.460 e. The molecule has 0 amide bonds. The van der Waals surface area contributed by atoms with E-state index in [1.807, 2.05) is 24.3 Å². The second-order valence-electron chi connectivity index (χ2n) is 4.36. The number of esters is 2. The van der Waals surface area contributed by atoms with Gasteiger partial charge in [0.25, 0.3) is 0 Å². The molecule has 100 valence electrons. The molecule has 0 aliphatic carbocycles. The summed E-state index contributed by atoms with van der Waals surface area (Å²) in [5.74, 6) is -1.10. The maximum absolute atomic E-state index is 11.9. The van der Waals surface area contributed by atoms with Crippen molar-refractivity contribution in [2.75, 3.05) is 6.61 Å². The average molecular weight is 261 g/mol. The standard InChI is InChI=1S/C14H15NO4/c1-9(2)19-13(16)8-18-14(17)11-7-15-12-6-4-3-5-10(11)12/h3-7,9,15H,8H2,1-2H3. The van der Waals surface area contributed by atoms with Gasteiger partial charge in [0.2, 0.25) is 0 Å². The zero-order valence-electron chi connectivity index (χ0n) is 10.8. The lowest BCUT2D eigenvalue weighted by Gasteiger charge is -2.08. The van der Waals surface area contributed by atoms with Gasteiger partial charge in [-0.1, -0.05) is 18.2 Å². The predicted molar refractivity (Wildman–Crippen MR) is 69.8 cm³/mol. The number of para-hydroxylation sites is 1. The highest BCUT2D eigenvalue weighted by Crippen LogP contribution is 2.18. The fourth-order valence-corrected chi connectivity index (χ4v) is 1.74. The zero-order chi connectivity index (χ0) is 13.8. The summed E-state index contributed by atoms with van der Waals surface area (Å²) >= 11 is 0. The van der Waals surface area contributed by atoms with E-state index in [9.17, 15) is 9.59 Å². The number of ether oxygens (including phenoxy) is 2. The van der Waals surface area contributed by atoms with E-state index in [0.29, 0.717) is 5.56 Å². The molecule has 0 aliphatic heterocycles. The molecule has 0 atom stereocenters. The molecular formula is C14H15NO4. The van der Waals surface area contributed by atoms with E-state index in [0.717, 1.165) is 10.9 Å². The lowest BCUT2D eigenvalue weighted by molar-refractivity contribution is -0.150. The van der Waals surface area contributed by atoms with Crippen LogP contribution in [0.25, 0.3) is 10.9 Å². The Kier molecular flexibility index (Phi) is 3.85. The smallest absolute Gasteiger partial charge is 0.344 e. The van der Waals surface area contributed by atoms with Crippen molar-refractivity contribution in [3.05, 3.63) is 36.0 Å². The third kappa shape index (κ3) is 3.13. The maximum Gasteiger partial charge on any atom is 0.344 e. The van der Waals surface area contributed by atoms with Gasteiger partial charge in [-0.05, 0) is 19.9 Å². The van der Waals surface area contributed by atoms with Crippen LogP contribution in [0.2, 0.25) is 0 Å². The molecule has 1 N–H and O–H groups in total. The highest BCUT2D eigenvalue weighted by molar-refractivity contribution is 6.04.